The Kier molecular flexibility index (Phi) is 5.87. The van der Waals surface area contributed by atoms with Gasteiger partial charge in [-0.1, -0.05) is 0 Å². The van der Waals surface area contributed by atoms with Gasteiger partial charge in [0.15, 0.2) is 5.65 Å². The molecule has 1 aliphatic carbocycles. The number of likely N-dealkylation sites (N-methyl/N-ethyl adjacent to an activating group) is 1. The van der Waals surface area contributed by atoms with E-state index in [9.17, 15) is 4.79 Å². The molecule has 152 valence electrons. The Hall–Kier alpha value is -2.06. The van der Waals surface area contributed by atoms with Crippen LogP contribution >= 0.6 is 0 Å². The van der Waals surface area contributed by atoms with Crippen molar-refractivity contribution in [2.75, 3.05) is 33.8 Å². The maximum absolute atomic E-state index is 12.5. The van der Waals surface area contributed by atoms with E-state index in [1.165, 1.54) is 0 Å². The number of rotatable bonds is 6. The van der Waals surface area contributed by atoms with Gasteiger partial charge in [0.25, 0.3) is 0 Å². The third kappa shape index (κ3) is 4.03. The van der Waals surface area contributed by atoms with Crippen molar-refractivity contribution in [3.63, 3.8) is 0 Å². The van der Waals surface area contributed by atoms with Gasteiger partial charge in [-0.15, -0.1) is 0 Å². The minimum absolute atomic E-state index is 0.102. The first-order valence-electron chi connectivity index (χ1n) is 10.3. The third-order valence-corrected chi connectivity index (χ3v) is 6.17. The number of ether oxygens (including phenoxy) is 1. The molecule has 4 rings (SSSR count). The minimum atomic E-state index is 0.102. The molecule has 2 aliphatic rings. The van der Waals surface area contributed by atoms with Crippen LogP contribution in [0.3, 0.4) is 0 Å². The number of carbonyl (C=O) groups excluding carboxylic acids is 1. The molecular weight excluding hydrogens is 356 g/mol. The zero-order chi connectivity index (χ0) is 19.5. The lowest BCUT2D eigenvalue weighted by Gasteiger charge is -2.26. The Balaban J connectivity index is 1.38. The molecule has 1 saturated heterocycles. The molecule has 0 aromatic carbocycles. The van der Waals surface area contributed by atoms with E-state index in [1.54, 1.807) is 19.5 Å². The summed E-state index contributed by atoms with van der Waals surface area (Å²) in [7, 11) is 3.89. The van der Waals surface area contributed by atoms with Crippen LogP contribution in [0.5, 0.6) is 0 Å². The van der Waals surface area contributed by atoms with Crippen LogP contribution in [0, 0.1) is 5.92 Å². The molecule has 1 saturated carbocycles. The summed E-state index contributed by atoms with van der Waals surface area (Å²) in [6, 6.07) is 0. The van der Waals surface area contributed by atoms with Crippen molar-refractivity contribution >= 4 is 17.1 Å². The summed E-state index contributed by atoms with van der Waals surface area (Å²) in [4.78, 5) is 23.8. The van der Waals surface area contributed by atoms with E-state index in [0.717, 1.165) is 62.1 Å². The Bertz CT molecular complexity index is 814. The van der Waals surface area contributed by atoms with Gasteiger partial charge < -0.3 is 15.0 Å². The van der Waals surface area contributed by atoms with Gasteiger partial charge in [0, 0.05) is 44.4 Å². The number of carbonyl (C=O) groups is 1. The predicted octanol–water partition coefficient (Wildman–Crippen LogP) is 1.57. The highest BCUT2D eigenvalue weighted by atomic mass is 16.5. The molecule has 1 amide bonds. The van der Waals surface area contributed by atoms with Crippen molar-refractivity contribution in [1.29, 1.82) is 0 Å². The van der Waals surface area contributed by atoms with E-state index in [-0.39, 0.29) is 11.8 Å². The van der Waals surface area contributed by atoms with Gasteiger partial charge in [-0.05, 0) is 45.7 Å². The van der Waals surface area contributed by atoms with E-state index in [2.05, 4.69) is 27.2 Å². The number of nitrogens with zero attached hydrogens (tertiary/aromatic N) is 5. The van der Waals surface area contributed by atoms with Gasteiger partial charge in [-0.3, -0.25) is 4.79 Å². The molecule has 8 heteroatoms. The van der Waals surface area contributed by atoms with Crippen LogP contribution in [0.1, 0.15) is 43.7 Å². The average Bonchev–Trinajstić information content (AvgIpc) is 3.32. The first kappa shape index (κ1) is 19.3. The lowest BCUT2D eigenvalue weighted by atomic mass is 9.87. The lowest BCUT2D eigenvalue weighted by Crippen LogP contribution is -2.36. The first-order valence-corrected chi connectivity index (χ1v) is 10.3. The van der Waals surface area contributed by atoms with E-state index in [4.69, 9.17) is 9.84 Å². The number of fused-ring (bicyclic) bond motifs is 1. The van der Waals surface area contributed by atoms with Crippen molar-refractivity contribution < 1.29 is 9.53 Å². The summed E-state index contributed by atoms with van der Waals surface area (Å²) < 4.78 is 7.29. The van der Waals surface area contributed by atoms with Crippen LogP contribution in [-0.2, 0) is 16.1 Å². The van der Waals surface area contributed by atoms with Crippen LogP contribution < -0.4 is 5.32 Å². The van der Waals surface area contributed by atoms with Crippen LogP contribution in [0.25, 0.3) is 11.2 Å². The fourth-order valence-electron chi connectivity index (χ4n) is 4.50. The number of nitrogens with one attached hydrogen (secondary N) is 1. The van der Waals surface area contributed by atoms with E-state index in [0.29, 0.717) is 25.1 Å². The first-order chi connectivity index (χ1) is 13.7. The van der Waals surface area contributed by atoms with Gasteiger partial charge in [-0.25, -0.2) is 14.6 Å². The fourth-order valence-corrected chi connectivity index (χ4v) is 4.50. The monoisotopic (exact) mass is 386 g/mol. The normalized spacial score (nSPS) is 26.0. The Morgan fingerprint density at radius 1 is 1.21 bits per heavy atom. The van der Waals surface area contributed by atoms with Crippen LogP contribution in [-0.4, -0.2) is 70.5 Å². The van der Waals surface area contributed by atoms with Gasteiger partial charge in [-0.2, -0.15) is 5.10 Å². The molecule has 28 heavy (non-hydrogen) atoms. The third-order valence-electron chi connectivity index (χ3n) is 6.17. The van der Waals surface area contributed by atoms with Crippen molar-refractivity contribution in [3.05, 3.63) is 18.1 Å². The molecule has 1 atom stereocenters. The Morgan fingerprint density at radius 2 is 2.00 bits per heavy atom. The second-order valence-corrected chi connectivity index (χ2v) is 8.09. The minimum Gasteiger partial charge on any atom is -0.381 e. The highest BCUT2D eigenvalue weighted by Crippen LogP contribution is 2.29. The number of hydrogen-bond acceptors (Lipinski definition) is 6. The highest BCUT2D eigenvalue weighted by Gasteiger charge is 2.28. The summed E-state index contributed by atoms with van der Waals surface area (Å²) >= 11 is 0. The molecule has 8 nitrogen and oxygen atoms in total. The summed E-state index contributed by atoms with van der Waals surface area (Å²) in [5, 5.41) is 7.92. The standard InChI is InChI=1S/C20H30N6O2/c1-25-11-7-15(13-25)17-18-19(22-9-8-21-18)26(24-17)12-10-23-20(27)14-3-5-16(28-2)6-4-14/h8-9,14-16H,3-7,10-13H2,1-2H3,(H,23,27). The number of hydrogen-bond donors (Lipinski definition) is 1. The molecule has 1 N–H and O–H groups in total. The van der Waals surface area contributed by atoms with Gasteiger partial charge >= 0.3 is 0 Å². The quantitative estimate of drug-likeness (QED) is 0.811. The van der Waals surface area contributed by atoms with E-state index in [1.807, 2.05) is 4.68 Å². The fraction of sp³-hybridized carbons (Fsp3) is 0.700. The number of aromatic nitrogens is 4. The van der Waals surface area contributed by atoms with Gasteiger partial charge in [0.2, 0.25) is 5.91 Å². The molecule has 0 spiro atoms. The predicted molar refractivity (Wildman–Crippen MR) is 106 cm³/mol. The van der Waals surface area contributed by atoms with Crippen molar-refractivity contribution in [1.82, 2.24) is 30.0 Å². The topological polar surface area (TPSA) is 85.2 Å². The average molecular weight is 387 g/mol. The Labute approximate surface area is 165 Å². The molecule has 2 aromatic rings. The maximum Gasteiger partial charge on any atom is 0.223 e. The molecule has 0 radical (unpaired) electrons. The Morgan fingerprint density at radius 3 is 2.71 bits per heavy atom. The lowest BCUT2D eigenvalue weighted by molar-refractivity contribution is -0.126. The molecular formula is C20H30N6O2. The zero-order valence-corrected chi connectivity index (χ0v) is 16.8. The van der Waals surface area contributed by atoms with E-state index < -0.39 is 0 Å². The molecule has 1 aliphatic heterocycles. The summed E-state index contributed by atoms with van der Waals surface area (Å²) in [5.74, 6) is 0.649. The van der Waals surface area contributed by atoms with Crippen molar-refractivity contribution in [2.45, 2.75) is 50.7 Å². The SMILES string of the molecule is COC1CCC(C(=O)NCCn2nc(C3CCN(C)C3)c3nccnc32)CC1. The smallest absolute Gasteiger partial charge is 0.223 e. The molecule has 1 unspecified atom stereocenters. The number of methoxy groups -OCH3 is 1. The molecule has 3 heterocycles. The summed E-state index contributed by atoms with van der Waals surface area (Å²) in [6.45, 7) is 3.25. The largest absolute Gasteiger partial charge is 0.381 e. The second kappa shape index (κ2) is 8.53. The zero-order valence-electron chi connectivity index (χ0n) is 16.8. The molecule has 2 aromatic heterocycles. The molecule has 0 bridgehead atoms. The number of likely N-dealkylation sites (tertiary alicyclic amines) is 1. The van der Waals surface area contributed by atoms with E-state index >= 15 is 0 Å². The van der Waals surface area contributed by atoms with Crippen LogP contribution in [0.4, 0.5) is 0 Å². The van der Waals surface area contributed by atoms with Crippen LogP contribution in [0.2, 0.25) is 0 Å². The van der Waals surface area contributed by atoms with Crippen LogP contribution in [0.15, 0.2) is 12.4 Å². The summed E-state index contributed by atoms with van der Waals surface area (Å²) in [6.07, 6.45) is 8.58. The maximum atomic E-state index is 12.5. The van der Waals surface area contributed by atoms with Gasteiger partial charge in [0.05, 0.1) is 18.3 Å². The molecule has 2 fully saturated rings. The van der Waals surface area contributed by atoms with Gasteiger partial charge in [0.1, 0.15) is 5.52 Å². The second-order valence-electron chi connectivity index (χ2n) is 8.09. The van der Waals surface area contributed by atoms with Crippen molar-refractivity contribution in [2.24, 2.45) is 5.92 Å². The number of amides is 1. The van der Waals surface area contributed by atoms with Crippen molar-refractivity contribution in [3.8, 4) is 0 Å². The highest BCUT2D eigenvalue weighted by molar-refractivity contribution is 5.78. The summed E-state index contributed by atoms with van der Waals surface area (Å²) in [5.41, 5.74) is 2.74.